The summed E-state index contributed by atoms with van der Waals surface area (Å²) >= 11 is 6.06. The monoisotopic (exact) mass is 271 g/mol. The molecule has 0 aliphatic carbocycles. The molecule has 0 radical (unpaired) electrons. The van der Waals surface area contributed by atoms with Crippen LogP contribution in [-0.2, 0) is 0 Å². The van der Waals surface area contributed by atoms with Gasteiger partial charge in [0.2, 0.25) is 5.88 Å². The van der Waals surface area contributed by atoms with E-state index in [2.05, 4.69) is 17.1 Å². The summed E-state index contributed by atoms with van der Waals surface area (Å²) in [5.41, 5.74) is 5.91. The number of aromatic nitrogens is 1. The second-order valence-corrected chi connectivity index (χ2v) is 4.25. The van der Waals surface area contributed by atoms with Crippen molar-refractivity contribution in [3.63, 3.8) is 0 Å². The summed E-state index contributed by atoms with van der Waals surface area (Å²) in [6, 6.07) is 1.57. The highest BCUT2D eigenvalue weighted by Crippen LogP contribution is 2.25. The summed E-state index contributed by atoms with van der Waals surface area (Å²) in [4.78, 5) is 4.03. The maximum atomic E-state index is 8.62. The number of nitrogens with zero attached hydrogens (tertiary/aromatic N) is 2. The Morgan fingerprint density at radius 1 is 1.50 bits per heavy atom. The highest BCUT2D eigenvalue weighted by atomic mass is 35.5. The molecule has 3 N–H and O–H groups in total. The van der Waals surface area contributed by atoms with Crippen molar-refractivity contribution in [2.24, 2.45) is 10.9 Å². The van der Waals surface area contributed by atoms with E-state index in [9.17, 15) is 0 Å². The minimum absolute atomic E-state index is 0.0572. The first kappa shape index (κ1) is 14.6. The molecule has 6 heteroatoms. The number of pyridine rings is 1. The van der Waals surface area contributed by atoms with Gasteiger partial charge in [-0.05, 0) is 12.5 Å². The van der Waals surface area contributed by atoms with E-state index < -0.39 is 0 Å². The molecule has 0 spiro atoms. The lowest BCUT2D eigenvalue weighted by Gasteiger charge is -2.09. The molecular formula is C12H18ClN3O2. The second-order valence-electron chi connectivity index (χ2n) is 3.87. The van der Waals surface area contributed by atoms with E-state index in [0.717, 1.165) is 12.8 Å². The Kier molecular flexibility index (Phi) is 6.28. The summed E-state index contributed by atoms with van der Waals surface area (Å²) in [6.45, 7) is 2.71. The number of halogens is 1. The Bertz CT molecular complexity index is 410. The van der Waals surface area contributed by atoms with Gasteiger partial charge < -0.3 is 15.7 Å². The molecule has 1 rings (SSSR count). The SMILES string of the molecule is CCCCCCOc1nccc(/C(N)=N/O)c1Cl. The Balaban J connectivity index is 2.61. The fraction of sp³-hybridized carbons (Fsp3) is 0.500. The Morgan fingerprint density at radius 2 is 2.28 bits per heavy atom. The smallest absolute Gasteiger partial charge is 0.233 e. The van der Waals surface area contributed by atoms with E-state index in [1.165, 1.54) is 19.0 Å². The number of rotatable bonds is 7. The van der Waals surface area contributed by atoms with Gasteiger partial charge >= 0.3 is 0 Å². The molecule has 18 heavy (non-hydrogen) atoms. The molecule has 0 saturated heterocycles. The van der Waals surface area contributed by atoms with Gasteiger partial charge in [0.15, 0.2) is 5.84 Å². The first-order chi connectivity index (χ1) is 8.70. The molecule has 100 valence electrons. The van der Waals surface area contributed by atoms with Gasteiger partial charge in [-0.1, -0.05) is 42.9 Å². The van der Waals surface area contributed by atoms with Crippen molar-refractivity contribution >= 4 is 17.4 Å². The third-order valence-corrected chi connectivity index (χ3v) is 2.84. The van der Waals surface area contributed by atoms with Gasteiger partial charge in [0.25, 0.3) is 0 Å². The van der Waals surface area contributed by atoms with Gasteiger partial charge in [-0.2, -0.15) is 0 Å². The molecule has 1 aromatic rings. The van der Waals surface area contributed by atoms with E-state index in [1.807, 2.05) is 0 Å². The molecule has 5 nitrogen and oxygen atoms in total. The quantitative estimate of drug-likeness (QED) is 0.263. The zero-order chi connectivity index (χ0) is 13.4. The summed E-state index contributed by atoms with van der Waals surface area (Å²) in [5, 5.41) is 11.8. The van der Waals surface area contributed by atoms with Crippen molar-refractivity contribution in [3.8, 4) is 5.88 Å². The van der Waals surface area contributed by atoms with Crippen LogP contribution in [0.5, 0.6) is 5.88 Å². The average molecular weight is 272 g/mol. The lowest BCUT2D eigenvalue weighted by molar-refractivity contribution is 0.294. The molecule has 1 aromatic heterocycles. The standard InChI is InChI=1S/C12H18ClN3O2/c1-2-3-4-5-8-18-12-10(13)9(6-7-15-12)11(14)16-17/h6-7,17H,2-5,8H2,1H3,(H2,14,16). The molecular weight excluding hydrogens is 254 g/mol. The largest absolute Gasteiger partial charge is 0.477 e. The average Bonchev–Trinajstić information content (AvgIpc) is 2.39. The maximum absolute atomic E-state index is 8.62. The highest BCUT2D eigenvalue weighted by Gasteiger charge is 2.11. The molecule has 0 aliphatic heterocycles. The molecule has 0 aliphatic rings. The first-order valence-corrected chi connectivity index (χ1v) is 6.33. The highest BCUT2D eigenvalue weighted by molar-refractivity contribution is 6.35. The number of nitrogens with two attached hydrogens (primary N) is 1. The van der Waals surface area contributed by atoms with Crippen LogP contribution in [-0.4, -0.2) is 22.6 Å². The zero-order valence-electron chi connectivity index (χ0n) is 10.4. The van der Waals surface area contributed by atoms with Gasteiger partial charge in [-0.15, -0.1) is 0 Å². The lowest BCUT2D eigenvalue weighted by Crippen LogP contribution is -2.14. The molecule has 1 heterocycles. The number of amidine groups is 1. The van der Waals surface area contributed by atoms with Crippen molar-refractivity contribution < 1.29 is 9.94 Å². The van der Waals surface area contributed by atoms with Crippen molar-refractivity contribution in [2.45, 2.75) is 32.6 Å². The minimum Gasteiger partial charge on any atom is -0.477 e. The van der Waals surface area contributed by atoms with Crippen LogP contribution in [0.2, 0.25) is 5.02 Å². The fourth-order valence-corrected chi connectivity index (χ4v) is 1.74. The molecule has 0 saturated carbocycles. The van der Waals surface area contributed by atoms with Gasteiger partial charge in [0.1, 0.15) is 5.02 Å². The third-order valence-electron chi connectivity index (χ3n) is 2.48. The predicted molar refractivity (Wildman–Crippen MR) is 71.4 cm³/mol. The fourth-order valence-electron chi connectivity index (χ4n) is 1.47. The topological polar surface area (TPSA) is 80.7 Å². The van der Waals surface area contributed by atoms with Crippen LogP contribution >= 0.6 is 11.6 Å². The van der Waals surface area contributed by atoms with Crippen molar-refractivity contribution in [2.75, 3.05) is 6.61 Å². The van der Waals surface area contributed by atoms with Crippen LogP contribution < -0.4 is 10.5 Å². The van der Waals surface area contributed by atoms with E-state index in [4.69, 9.17) is 27.3 Å². The summed E-state index contributed by atoms with van der Waals surface area (Å²) in [6.07, 6.45) is 5.96. The number of hydrogen-bond donors (Lipinski definition) is 2. The number of hydrogen-bond acceptors (Lipinski definition) is 4. The Hall–Kier alpha value is -1.49. The third kappa shape index (κ3) is 4.07. The molecule has 0 atom stereocenters. The van der Waals surface area contributed by atoms with Crippen molar-refractivity contribution in [1.29, 1.82) is 0 Å². The summed E-state index contributed by atoms with van der Waals surface area (Å²) < 4.78 is 5.48. The first-order valence-electron chi connectivity index (χ1n) is 5.95. The van der Waals surface area contributed by atoms with Crippen LogP contribution in [0, 0.1) is 0 Å². The van der Waals surface area contributed by atoms with Gasteiger partial charge in [-0.25, -0.2) is 4.98 Å². The molecule has 0 amide bonds. The van der Waals surface area contributed by atoms with E-state index in [1.54, 1.807) is 6.07 Å². The molecule has 0 unspecified atom stereocenters. The minimum atomic E-state index is -0.0572. The maximum Gasteiger partial charge on any atom is 0.233 e. The second kappa shape index (κ2) is 7.76. The zero-order valence-corrected chi connectivity index (χ0v) is 11.2. The van der Waals surface area contributed by atoms with E-state index in [0.29, 0.717) is 18.1 Å². The van der Waals surface area contributed by atoms with Crippen molar-refractivity contribution in [3.05, 3.63) is 22.8 Å². The lowest BCUT2D eigenvalue weighted by atomic mass is 10.2. The van der Waals surface area contributed by atoms with Gasteiger partial charge in [0.05, 0.1) is 6.61 Å². The van der Waals surface area contributed by atoms with Gasteiger partial charge in [-0.3, -0.25) is 0 Å². The van der Waals surface area contributed by atoms with Crippen molar-refractivity contribution in [1.82, 2.24) is 4.98 Å². The van der Waals surface area contributed by atoms with Crippen LogP contribution in [0.1, 0.15) is 38.2 Å². The number of unbranched alkanes of at least 4 members (excludes halogenated alkanes) is 3. The number of oxime groups is 1. The normalized spacial score (nSPS) is 11.6. The number of ether oxygens (including phenoxy) is 1. The van der Waals surface area contributed by atoms with E-state index >= 15 is 0 Å². The van der Waals surface area contributed by atoms with Gasteiger partial charge in [0, 0.05) is 11.8 Å². The molecule has 0 fully saturated rings. The molecule has 0 aromatic carbocycles. The van der Waals surface area contributed by atoms with E-state index in [-0.39, 0.29) is 10.9 Å². The van der Waals surface area contributed by atoms with Crippen LogP contribution in [0.4, 0.5) is 0 Å². The predicted octanol–water partition coefficient (Wildman–Crippen LogP) is 2.79. The Morgan fingerprint density at radius 3 is 2.94 bits per heavy atom. The van der Waals surface area contributed by atoms with Crippen LogP contribution in [0.25, 0.3) is 0 Å². The molecule has 0 bridgehead atoms. The Labute approximate surface area is 112 Å². The van der Waals surface area contributed by atoms with Crippen LogP contribution in [0.3, 0.4) is 0 Å². The summed E-state index contributed by atoms with van der Waals surface area (Å²) in [5.74, 6) is 0.260. The van der Waals surface area contributed by atoms with Crippen LogP contribution in [0.15, 0.2) is 17.4 Å². The summed E-state index contributed by atoms with van der Waals surface area (Å²) in [7, 11) is 0.